The molecule has 136 valence electrons. The number of primary amides is 1. The van der Waals surface area contributed by atoms with Crippen LogP contribution in [0.2, 0.25) is 0 Å². The Hall–Kier alpha value is -2.92. The van der Waals surface area contributed by atoms with Crippen LogP contribution in [0.1, 0.15) is 43.7 Å². The van der Waals surface area contributed by atoms with Crippen molar-refractivity contribution in [2.75, 3.05) is 18.9 Å². The van der Waals surface area contributed by atoms with Crippen molar-refractivity contribution in [3.8, 4) is 0 Å². The number of hydrogen-bond donors (Lipinski definition) is 3. The van der Waals surface area contributed by atoms with Gasteiger partial charge in [-0.05, 0) is 14.0 Å². The molecule has 1 aliphatic heterocycles. The van der Waals surface area contributed by atoms with E-state index in [1.807, 2.05) is 0 Å². The highest BCUT2D eigenvalue weighted by molar-refractivity contribution is 7.13. The predicted molar refractivity (Wildman–Crippen MR) is 93.5 cm³/mol. The number of fused-ring (bicyclic) bond motifs is 1. The number of carbonyl (C=O) groups excluding carboxylic acids is 3. The van der Waals surface area contributed by atoms with Crippen LogP contribution in [0.3, 0.4) is 0 Å². The van der Waals surface area contributed by atoms with Gasteiger partial charge in [0.1, 0.15) is 27.7 Å². The Morgan fingerprint density at radius 1 is 1.35 bits per heavy atom. The molecule has 10 nitrogen and oxygen atoms in total. The lowest BCUT2D eigenvalue weighted by Crippen LogP contribution is -2.29. The van der Waals surface area contributed by atoms with Crippen LogP contribution in [0, 0.1) is 0 Å². The number of amides is 3. The minimum Gasteiger partial charge on any atom is -0.365 e. The van der Waals surface area contributed by atoms with E-state index in [-0.39, 0.29) is 18.1 Å². The van der Waals surface area contributed by atoms with Gasteiger partial charge in [0.25, 0.3) is 11.8 Å². The molecule has 1 atom stereocenters. The van der Waals surface area contributed by atoms with Gasteiger partial charge in [-0.25, -0.2) is 15.0 Å². The lowest BCUT2D eigenvalue weighted by molar-refractivity contribution is -0.116. The molecular weight excluding hydrogens is 358 g/mol. The molecule has 0 bridgehead atoms. The van der Waals surface area contributed by atoms with Gasteiger partial charge < -0.3 is 16.4 Å². The molecule has 0 aromatic carbocycles. The molecule has 0 saturated heterocycles. The highest BCUT2D eigenvalue weighted by Gasteiger charge is 2.25. The molecule has 0 spiro atoms. The smallest absolute Gasteiger partial charge is 0.270 e. The number of carbonyl (C=O) groups is 3. The third-order valence-corrected chi connectivity index (χ3v) is 4.94. The van der Waals surface area contributed by atoms with Crippen molar-refractivity contribution in [1.82, 2.24) is 25.2 Å². The molecule has 4 N–H and O–H groups in total. The Kier molecular flexibility index (Phi) is 4.91. The van der Waals surface area contributed by atoms with Crippen LogP contribution in [0.5, 0.6) is 0 Å². The summed E-state index contributed by atoms with van der Waals surface area (Å²) in [5.41, 5.74) is 5.95. The molecule has 1 unspecified atom stereocenters. The zero-order valence-electron chi connectivity index (χ0n) is 14.1. The first-order valence-electron chi connectivity index (χ1n) is 7.73. The summed E-state index contributed by atoms with van der Waals surface area (Å²) in [6.45, 7) is 2.30. The van der Waals surface area contributed by atoms with E-state index in [0.717, 1.165) is 11.3 Å². The third-order valence-electron chi connectivity index (χ3n) is 3.74. The fraction of sp³-hybridized carbons (Fsp3) is 0.333. The Morgan fingerprint density at radius 2 is 2.12 bits per heavy atom. The quantitative estimate of drug-likeness (QED) is 0.677. The second kappa shape index (κ2) is 7.14. The summed E-state index contributed by atoms with van der Waals surface area (Å²) in [4.78, 5) is 50.0. The lowest BCUT2D eigenvalue weighted by atomic mass is 10.1. The molecule has 3 amide bonds. The van der Waals surface area contributed by atoms with Gasteiger partial charge in [-0.2, -0.15) is 0 Å². The predicted octanol–water partition coefficient (Wildman–Crippen LogP) is -0.0931. The number of nitrogens with zero attached hydrogens (tertiary/aromatic N) is 4. The van der Waals surface area contributed by atoms with E-state index in [1.165, 1.54) is 12.5 Å². The molecule has 0 aliphatic carbocycles. The monoisotopic (exact) mass is 375 g/mol. The zero-order valence-corrected chi connectivity index (χ0v) is 15.0. The van der Waals surface area contributed by atoms with Crippen molar-refractivity contribution >= 4 is 34.9 Å². The molecular formula is C15H17N7O3S. The number of aromatic nitrogens is 3. The Morgan fingerprint density at radius 3 is 2.81 bits per heavy atom. The maximum atomic E-state index is 12.7. The number of nitrogens with one attached hydrogen (secondary N) is 2. The van der Waals surface area contributed by atoms with Gasteiger partial charge in [0, 0.05) is 12.1 Å². The summed E-state index contributed by atoms with van der Waals surface area (Å²) < 4.78 is 0. The molecule has 2 aromatic heterocycles. The summed E-state index contributed by atoms with van der Waals surface area (Å²) >= 11 is 1.12. The summed E-state index contributed by atoms with van der Waals surface area (Å²) in [7, 11) is 1.77. The van der Waals surface area contributed by atoms with Crippen LogP contribution in [0.15, 0.2) is 12.5 Å². The number of hydrogen-bond acceptors (Lipinski definition) is 8. The summed E-state index contributed by atoms with van der Waals surface area (Å²) in [5, 5.41) is 6.03. The average Bonchev–Trinajstić information content (AvgIpc) is 3.01. The number of likely N-dealkylation sites (N-methyl/N-ethyl adjacent to an activating group) is 1. The topological polar surface area (TPSA) is 143 Å². The van der Waals surface area contributed by atoms with E-state index >= 15 is 0 Å². The van der Waals surface area contributed by atoms with Crippen LogP contribution in [-0.4, -0.2) is 51.2 Å². The maximum Gasteiger partial charge on any atom is 0.270 e. The fourth-order valence-electron chi connectivity index (χ4n) is 2.54. The molecule has 0 radical (unpaired) electrons. The summed E-state index contributed by atoms with van der Waals surface area (Å²) in [6.07, 6.45) is 2.62. The molecule has 1 aliphatic rings. The first-order valence-corrected chi connectivity index (χ1v) is 8.55. The maximum absolute atomic E-state index is 12.7. The van der Waals surface area contributed by atoms with Crippen molar-refractivity contribution < 1.29 is 14.4 Å². The van der Waals surface area contributed by atoms with Crippen molar-refractivity contribution in [3.63, 3.8) is 0 Å². The van der Waals surface area contributed by atoms with Gasteiger partial charge >= 0.3 is 0 Å². The van der Waals surface area contributed by atoms with Crippen molar-refractivity contribution in [2.24, 2.45) is 5.73 Å². The normalized spacial score (nSPS) is 15.5. The SMILES string of the molecule is CC(NC(=O)c1ncnc2c1CN(C)CC(=O)N2)c1ncc(C(N)=O)s1. The number of thiazole rings is 1. The largest absolute Gasteiger partial charge is 0.365 e. The molecule has 2 aromatic rings. The lowest BCUT2D eigenvalue weighted by Gasteiger charge is -2.16. The van der Waals surface area contributed by atoms with E-state index < -0.39 is 17.9 Å². The van der Waals surface area contributed by atoms with E-state index in [0.29, 0.717) is 27.8 Å². The fourth-order valence-corrected chi connectivity index (χ4v) is 3.31. The van der Waals surface area contributed by atoms with Crippen LogP contribution in [-0.2, 0) is 11.3 Å². The van der Waals surface area contributed by atoms with Crippen LogP contribution < -0.4 is 16.4 Å². The number of anilines is 1. The third kappa shape index (κ3) is 3.68. The molecule has 0 saturated carbocycles. The van der Waals surface area contributed by atoms with Gasteiger partial charge in [-0.15, -0.1) is 11.3 Å². The van der Waals surface area contributed by atoms with Gasteiger partial charge in [0.15, 0.2) is 0 Å². The zero-order chi connectivity index (χ0) is 18.8. The standard InChI is InChI=1S/C15H17N7O3S/c1-7(15-17-3-9(26-15)12(16)24)20-14(25)11-8-4-22(2)5-10(23)21-13(8)19-6-18-11/h3,6-7H,4-5H2,1-2H3,(H2,16,24)(H,20,25)(H,18,19,21,23). The van der Waals surface area contributed by atoms with Gasteiger partial charge in [0.2, 0.25) is 5.91 Å². The Balaban J connectivity index is 1.83. The minimum atomic E-state index is -0.563. The van der Waals surface area contributed by atoms with Gasteiger partial charge in [-0.1, -0.05) is 0 Å². The summed E-state index contributed by atoms with van der Waals surface area (Å²) in [6, 6.07) is -0.440. The van der Waals surface area contributed by atoms with Gasteiger partial charge in [-0.3, -0.25) is 19.3 Å². The number of nitrogens with two attached hydrogens (primary N) is 1. The van der Waals surface area contributed by atoms with E-state index in [2.05, 4.69) is 25.6 Å². The first-order chi connectivity index (χ1) is 12.3. The molecule has 0 fully saturated rings. The molecule has 26 heavy (non-hydrogen) atoms. The number of rotatable bonds is 4. The Bertz CT molecular complexity index is 882. The van der Waals surface area contributed by atoms with E-state index in [9.17, 15) is 14.4 Å². The molecule has 3 rings (SSSR count). The first kappa shape index (κ1) is 17.9. The van der Waals surface area contributed by atoms with Crippen LogP contribution in [0.4, 0.5) is 5.82 Å². The minimum absolute atomic E-state index is 0.183. The van der Waals surface area contributed by atoms with Crippen molar-refractivity contribution in [3.05, 3.63) is 33.7 Å². The highest BCUT2D eigenvalue weighted by Crippen LogP contribution is 2.23. The second-order valence-electron chi connectivity index (χ2n) is 5.89. The second-order valence-corrected chi connectivity index (χ2v) is 6.95. The van der Waals surface area contributed by atoms with Gasteiger partial charge in [0.05, 0.1) is 18.8 Å². The molecule has 3 heterocycles. The summed E-state index contributed by atoms with van der Waals surface area (Å²) in [5.74, 6) is -0.854. The van der Waals surface area contributed by atoms with Crippen LogP contribution >= 0.6 is 11.3 Å². The van der Waals surface area contributed by atoms with E-state index in [1.54, 1.807) is 18.9 Å². The van der Waals surface area contributed by atoms with Crippen molar-refractivity contribution in [2.45, 2.75) is 19.5 Å². The highest BCUT2D eigenvalue weighted by atomic mass is 32.1. The molecule has 11 heteroatoms. The van der Waals surface area contributed by atoms with Crippen molar-refractivity contribution in [1.29, 1.82) is 0 Å². The van der Waals surface area contributed by atoms with Crippen LogP contribution in [0.25, 0.3) is 0 Å². The van der Waals surface area contributed by atoms with E-state index in [4.69, 9.17) is 5.73 Å². The Labute approximate surface area is 152 Å². The average molecular weight is 375 g/mol.